The molecule has 0 unspecified atom stereocenters. The highest BCUT2D eigenvalue weighted by Gasteiger charge is 2.28. The quantitative estimate of drug-likeness (QED) is 0.732. The summed E-state index contributed by atoms with van der Waals surface area (Å²) >= 11 is 3.01. The van der Waals surface area contributed by atoms with Gasteiger partial charge >= 0.3 is 0 Å². The van der Waals surface area contributed by atoms with Crippen molar-refractivity contribution in [2.75, 3.05) is 18.4 Å². The van der Waals surface area contributed by atoms with Gasteiger partial charge in [0.2, 0.25) is 10.0 Å². The molecule has 0 fully saturated rings. The summed E-state index contributed by atoms with van der Waals surface area (Å²) in [5.74, 6) is -0.722. The van der Waals surface area contributed by atoms with Crippen LogP contribution < -0.4 is 0 Å². The first-order chi connectivity index (χ1) is 8.78. The highest BCUT2D eigenvalue weighted by atomic mass is 79.9. The number of aryl methyl sites for hydroxylation is 1. The summed E-state index contributed by atoms with van der Waals surface area (Å²) < 4.78 is 63.1. The van der Waals surface area contributed by atoms with Crippen LogP contribution in [0, 0.1) is 12.7 Å². The fourth-order valence-electron chi connectivity index (χ4n) is 1.55. The van der Waals surface area contributed by atoms with Crippen molar-refractivity contribution >= 4 is 26.0 Å². The topological polar surface area (TPSA) is 37.4 Å². The van der Waals surface area contributed by atoms with E-state index in [0.717, 1.165) is 12.1 Å². The second kappa shape index (κ2) is 6.71. The Morgan fingerprint density at radius 3 is 2.53 bits per heavy atom. The average Bonchev–Trinajstić information content (AvgIpc) is 2.31. The molecule has 0 bridgehead atoms. The standard InChI is InChI=1S/C11H13BrF3NO2S/c1-8-2-3-9(13)6-10(8)19(17,18)16(5-4-12)7-11(14)15/h2-3,6,11H,4-5,7H2,1H3. The molecular formula is C11H13BrF3NO2S. The molecule has 1 aromatic rings. The van der Waals surface area contributed by atoms with E-state index in [9.17, 15) is 21.6 Å². The summed E-state index contributed by atoms with van der Waals surface area (Å²) in [7, 11) is -4.13. The van der Waals surface area contributed by atoms with Gasteiger partial charge in [-0.3, -0.25) is 0 Å². The summed E-state index contributed by atoms with van der Waals surface area (Å²) in [5, 5.41) is 0.216. The van der Waals surface area contributed by atoms with Crippen LogP contribution in [-0.2, 0) is 10.0 Å². The van der Waals surface area contributed by atoms with Gasteiger partial charge in [-0.2, -0.15) is 4.31 Å². The zero-order valence-corrected chi connectivity index (χ0v) is 12.5. The smallest absolute Gasteiger partial charge is 0.209 e. The number of alkyl halides is 3. The molecule has 0 atom stereocenters. The van der Waals surface area contributed by atoms with Crippen LogP contribution >= 0.6 is 15.9 Å². The molecule has 3 nitrogen and oxygen atoms in total. The summed E-state index contributed by atoms with van der Waals surface area (Å²) in [6, 6.07) is 3.27. The Hall–Kier alpha value is -0.600. The molecule has 0 aromatic heterocycles. The van der Waals surface area contributed by atoms with E-state index in [1.165, 1.54) is 13.0 Å². The van der Waals surface area contributed by atoms with Crippen molar-refractivity contribution in [2.45, 2.75) is 18.2 Å². The first-order valence-corrected chi connectivity index (χ1v) is 7.95. The van der Waals surface area contributed by atoms with Crippen LogP contribution in [0.5, 0.6) is 0 Å². The summed E-state index contributed by atoms with van der Waals surface area (Å²) in [6.07, 6.45) is -2.79. The van der Waals surface area contributed by atoms with E-state index < -0.39 is 28.8 Å². The Morgan fingerprint density at radius 2 is 2.00 bits per heavy atom. The minimum atomic E-state index is -4.13. The molecule has 0 saturated carbocycles. The van der Waals surface area contributed by atoms with Crippen molar-refractivity contribution < 1.29 is 21.6 Å². The minimum Gasteiger partial charge on any atom is -0.209 e. The maximum absolute atomic E-state index is 13.1. The van der Waals surface area contributed by atoms with Crippen molar-refractivity contribution in [3.63, 3.8) is 0 Å². The molecule has 0 aliphatic rings. The van der Waals surface area contributed by atoms with E-state index >= 15 is 0 Å². The largest absolute Gasteiger partial charge is 0.252 e. The second-order valence-corrected chi connectivity index (χ2v) is 6.55. The van der Waals surface area contributed by atoms with Gasteiger partial charge in [0, 0.05) is 11.9 Å². The first kappa shape index (κ1) is 16.5. The van der Waals surface area contributed by atoms with Gasteiger partial charge in [0.15, 0.2) is 0 Å². The third-order valence-corrected chi connectivity index (χ3v) is 4.81. The lowest BCUT2D eigenvalue weighted by atomic mass is 10.2. The SMILES string of the molecule is Cc1ccc(F)cc1S(=O)(=O)N(CCBr)CC(F)F. The fourth-order valence-corrected chi connectivity index (χ4v) is 3.87. The normalized spacial score (nSPS) is 12.4. The molecule has 0 aliphatic carbocycles. The van der Waals surface area contributed by atoms with Crippen LogP contribution in [0.15, 0.2) is 23.1 Å². The predicted octanol–water partition coefficient (Wildman–Crippen LogP) is 2.78. The number of benzene rings is 1. The Morgan fingerprint density at radius 1 is 1.37 bits per heavy atom. The highest BCUT2D eigenvalue weighted by Crippen LogP contribution is 2.21. The van der Waals surface area contributed by atoms with Gasteiger partial charge < -0.3 is 0 Å². The summed E-state index contributed by atoms with van der Waals surface area (Å²) in [5.41, 5.74) is 0.315. The molecule has 0 aliphatic heterocycles. The van der Waals surface area contributed by atoms with Crippen LogP contribution in [0.1, 0.15) is 5.56 Å². The van der Waals surface area contributed by atoms with Gasteiger partial charge in [0.1, 0.15) is 5.82 Å². The lowest BCUT2D eigenvalue weighted by molar-refractivity contribution is 0.121. The first-order valence-electron chi connectivity index (χ1n) is 5.39. The molecule has 1 rings (SSSR count). The van der Waals surface area contributed by atoms with Crippen LogP contribution in [0.4, 0.5) is 13.2 Å². The van der Waals surface area contributed by atoms with Crippen LogP contribution in [0.2, 0.25) is 0 Å². The number of halogens is 4. The van der Waals surface area contributed by atoms with Gasteiger partial charge in [0.05, 0.1) is 11.4 Å². The van der Waals surface area contributed by atoms with Crippen molar-refractivity contribution in [1.29, 1.82) is 0 Å². The molecule has 0 amide bonds. The fraction of sp³-hybridized carbons (Fsp3) is 0.455. The Labute approximate surface area is 118 Å². The number of sulfonamides is 1. The molecule has 8 heteroatoms. The molecular weight excluding hydrogens is 347 g/mol. The van der Waals surface area contributed by atoms with E-state index in [1.807, 2.05) is 0 Å². The molecule has 0 saturated heterocycles. The van der Waals surface area contributed by atoms with Crippen LogP contribution in [0.3, 0.4) is 0 Å². The number of rotatable bonds is 6. The Balaban J connectivity index is 3.22. The van der Waals surface area contributed by atoms with E-state index in [4.69, 9.17) is 0 Å². The maximum atomic E-state index is 13.1. The van der Waals surface area contributed by atoms with Gasteiger partial charge in [-0.15, -0.1) is 0 Å². The molecule has 1 aromatic carbocycles. The van der Waals surface area contributed by atoms with Crippen molar-refractivity contribution in [3.05, 3.63) is 29.6 Å². The minimum absolute atomic E-state index is 0.109. The van der Waals surface area contributed by atoms with Gasteiger partial charge in [0.25, 0.3) is 6.43 Å². The van der Waals surface area contributed by atoms with Crippen LogP contribution in [0.25, 0.3) is 0 Å². The van der Waals surface area contributed by atoms with E-state index in [2.05, 4.69) is 15.9 Å². The Bertz CT molecular complexity index is 537. The molecule has 0 N–H and O–H groups in total. The number of hydrogen-bond donors (Lipinski definition) is 0. The average molecular weight is 360 g/mol. The van der Waals surface area contributed by atoms with E-state index in [-0.39, 0.29) is 16.8 Å². The number of hydrogen-bond acceptors (Lipinski definition) is 2. The van der Waals surface area contributed by atoms with E-state index in [1.54, 1.807) is 0 Å². The molecule has 19 heavy (non-hydrogen) atoms. The zero-order chi connectivity index (χ0) is 14.6. The predicted molar refractivity (Wildman–Crippen MR) is 69.7 cm³/mol. The summed E-state index contributed by atoms with van der Waals surface area (Å²) in [6.45, 7) is 0.466. The summed E-state index contributed by atoms with van der Waals surface area (Å²) in [4.78, 5) is -0.283. The van der Waals surface area contributed by atoms with E-state index in [0.29, 0.717) is 9.87 Å². The van der Waals surface area contributed by atoms with Crippen molar-refractivity contribution in [2.24, 2.45) is 0 Å². The molecule has 0 radical (unpaired) electrons. The second-order valence-electron chi connectivity index (χ2n) is 3.85. The van der Waals surface area contributed by atoms with Gasteiger partial charge in [-0.1, -0.05) is 22.0 Å². The third kappa shape index (κ3) is 4.19. The Kier molecular flexibility index (Phi) is 5.82. The lowest BCUT2D eigenvalue weighted by Crippen LogP contribution is -2.36. The van der Waals surface area contributed by atoms with Crippen LogP contribution in [-0.4, -0.2) is 37.6 Å². The number of nitrogens with zero attached hydrogens (tertiary/aromatic N) is 1. The van der Waals surface area contributed by atoms with Crippen molar-refractivity contribution in [1.82, 2.24) is 4.31 Å². The lowest BCUT2D eigenvalue weighted by Gasteiger charge is -2.21. The molecule has 0 heterocycles. The highest BCUT2D eigenvalue weighted by molar-refractivity contribution is 9.09. The molecule has 0 spiro atoms. The maximum Gasteiger partial charge on any atom is 0.252 e. The van der Waals surface area contributed by atoms with Gasteiger partial charge in [-0.05, 0) is 24.6 Å². The third-order valence-electron chi connectivity index (χ3n) is 2.44. The molecule has 108 valence electrons. The monoisotopic (exact) mass is 359 g/mol. The van der Waals surface area contributed by atoms with Gasteiger partial charge in [-0.25, -0.2) is 21.6 Å². The van der Waals surface area contributed by atoms with Crippen molar-refractivity contribution in [3.8, 4) is 0 Å². The zero-order valence-electron chi connectivity index (χ0n) is 10.1.